The lowest BCUT2D eigenvalue weighted by Crippen LogP contribution is -2.32. The van der Waals surface area contributed by atoms with Crippen molar-refractivity contribution in [2.45, 2.75) is 16.7 Å². The van der Waals surface area contributed by atoms with Crippen LogP contribution in [0.3, 0.4) is 0 Å². The molecule has 4 aromatic rings. The minimum absolute atomic E-state index is 0.139. The molecule has 0 aliphatic carbocycles. The lowest BCUT2D eigenvalue weighted by molar-refractivity contribution is 0.106. The smallest absolute Gasteiger partial charge is 0.271 e. The van der Waals surface area contributed by atoms with Crippen LogP contribution in [0.15, 0.2) is 89.3 Å². The molecule has 4 rings (SSSR count). The quantitative estimate of drug-likeness (QED) is 0.207. The highest BCUT2D eigenvalue weighted by atomic mass is 32.2. The van der Waals surface area contributed by atoms with E-state index < -0.39 is 16.1 Å². The Labute approximate surface area is 214 Å². The molecule has 0 bridgehead atoms. The van der Waals surface area contributed by atoms with Gasteiger partial charge in [-0.25, -0.2) is 8.42 Å². The predicted molar refractivity (Wildman–Crippen MR) is 141 cm³/mol. The zero-order valence-electron chi connectivity index (χ0n) is 19.4. The lowest BCUT2D eigenvalue weighted by atomic mass is 10.1. The molecule has 2 aromatic heterocycles. The van der Waals surface area contributed by atoms with Crippen LogP contribution in [0.25, 0.3) is 10.6 Å². The van der Waals surface area contributed by atoms with Crippen LogP contribution in [-0.2, 0) is 16.4 Å². The zero-order chi connectivity index (χ0) is 25.4. The number of pyridine rings is 1. The number of anilines is 1. The Morgan fingerprint density at radius 3 is 2.47 bits per heavy atom. The van der Waals surface area contributed by atoms with E-state index in [-0.39, 0.29) is 16.6 Å². The number of rotatable bonds is 12. The summed E-state index contributed by atoms with van der Waals surface area (Å²) in [6.45, 7) is 1.16. The number of nitrogens with zero attached hydrogens (tertiary/aromatic N) is 1. The standard InChI is InChI=1S/C26H27N3O5S2/c30-21-8-10-23(11-9-21)34-18-22(31)17-27-16-14-19-4-6-20(7-5-19)29-36(32,33)26-13-12-25(35-26)24-3-1-2-15-28-24/h1-13,15,22,27,29-31H,14,16-18H2. The highest BCUT2D eigenvalue weighted by Crippen LogP contribution is 2.30. The van der Waals surface area contributed by atoms with Crippen LogP contribution >= 0.6 is 11.3 Å². The number of nitrogens with one attached hydrogen (secondary N) is 2. The van der Waals surface area contributed by atoms with Gasteiger partial charge in [0, 0.05) is 18.4 Å². The maximum absolute atomic E-state index is 12.8. The molecule has 4 N–H and O–H groups in total. The number of benzene rings is 2. The summed E-state index contributed by atoms with van der Waals surface area (Å²) in [5.41, 5.74) is 2.26. The number of aliphatic hydroxyl groups excluding tert-OH is 1. The molecule has 2 heterocycles. The van der Waals surface area contributed by atoms with E-state index in [0.717, 1.165) is 22.6 Å². The largest absolute Gasteiger partial charge is 0.508 e. The Morgan fingerprint density at radius 2 is 1.75 bits per heavy atom. The molecular weight excluding hydrogens is 498 g/mol. The van der Waals surface area contributed by atoms with Crippen molar-refractivity contribution in [1.82, 2.24) is 10.3 Å². The van der Waals surface area contributed by atoms with Crippen molar-refractivity contribution >= 4 is 27.0 Å². The third-order valence-electron chi connectivity index (χ3n) is 5.22. The molecule has 0 aliphatic rings. The molecule has 36 heavy (non-hydrogen) atoms. The van der Waals surface area contributed by atoms with Gasteiger partial charge < -0.3 is 20.3 Å². The van der Waals surface area contributed by atoms with Gasteiger partial charge in [-0.2, -0.15) is 0 Å². The van der Waals surface area contributed by atoms with Crippen molar-refractivity contribution in [3.8, 4) is 22.1 Å². The number of phenols is 1. The van der Waals surface area contributed by atoms with E-state index in [0.29, 0.717) is 24.5 Å². The zero-order valence-corrected chi connectivity index (χ0v) is 21.0. The predicted octanol–water partition coefficient (Wildman–Crippen LogP) is 3.89. The third-order valence-corrected chi connectivity index (χ3v) is 8.20. The number of thiophene rings is 1. The second kappa shape index (κ2) is 12.0. The third kappa shape index (κ3) is 7.28. The normalized spacial score (nSPS) is 12.2. The van der Waals surface area contributed by atoms with Gasteiger partial charge in [-0.3, -0.25) is 9.71 Å². The Kier molecular flexibility index (Phi) is 8.55. The van der Waals surface area contributed by atoms with Crippen LogP contribution in [0, 0.1) is 0 Å². The topological polar surface area (TPSA) is 121 Å². The highest BCUT2D eigenvalue weighted by Gasteiger charge is 2.18. The number of sulfonamides is 1. The van der Waals surface area contributed by atoms with Gasteiger partial charge in [0.25, 0.3) is 10.0 Å². The number of ether oxygens (including phenoxy) is 1. The van der Waals surface area contributed by atoms with Gasteiger partial charge >= 0.3 is 0 Å². The Balaban J connectivity index is 1.21. The van der Waals surface area contributed by atoms with Crippen molar-refractivity contribution in [1.29, 1.82) is 0 Å². The Hall–Kier alpha value is -3.44. The fraction of sp³-hybridized carbons (Fsp3) is 0.192. The molecule has 0 saturated heterocycles. The first kappa shape index (κ1) is 25.6. The summed E-state index contributed by atoms with van der Waals surface area (Å²) in [6, 6.07) is 22.4. The molecule has 1 atom stereocenters. The molecule has 1 unspecified atom stereocenters. The van der Waals surface area contributed by atoms with E-state index in [1.54, 1.807) is 42.6 Å². The van der Waals surface area contributed by atoms with Crippen LogP contribution < -0.4 is 14.8 Å². The second-order valence-corrected chi connectivity index (χ2v) is 11.0. The van der Waals surface area contributed by atoms with Gasteiger partial charge in [-0.15, -0.1) is 11.3 Å². The minimum atomic E-state index is -3.70. The minimum Gasteiger partial charge on any atom is -0.508 e. The van der Waals surface area contributed by atoms with Gasteiger partial charge in [-0.05, 0) is 79.2 Å². The molecule has 0 amide bonds. The molecule has 0 spiro atoms. The Morgan fingerprint density at radius 1 is 0.972 bits per heavy atom. The summed E-state index contributed by atoms with van der Waals surface area (Å²) in [5, 5.41) is 22.5. The molecule has 8 nitrogen and oxygen atoms in total. The van der Waals surface area contributed by atoms with Gasteiger partial charge in [0.15, 0.2) is 0 Å². The fourth-order valence-electron chi connectivity index (χ4n) is 3.35. The molecule has 2 aromatic carbocycles. The number of aromatic hydroxyl groups is 1. The van der Waals surface area contributed by atoms with Crippen LogP contribution in [0.2, 0.25) is 0 Å². The summed E-state index contributed by atoms with van der Waals surface area (Å²) in [6.07, 6.45) is 1.72. The summed E-state index contributed by atoms with van der Waals surface area (Å²) in [5.74, 6) is 0.739. The SMILES string of the molecule is O=S(=O)(Nc1ccc(CCNCC(O)COc2ccc(O)cc2)cc1)c1ccc(-c2ccccn2)s1. The molecule has 0 fully saturated rings. The van der Waals surface area contributed by atoms with Gasteiger partial charge in [-0.1, -0.05) is 18.2 Å². The van der Waals surface area contributed by atoms with Crippen LogP contribution in [0.4, 0.5) is 5.69 Å². The van der Waals surface area contributed by atoms with Crippen molar-refractivity contribution in [2.24, 2.45) is 0 Å². The average Bonchev–Trinajstić information content (AvgIpc) is 3.39. The number of hydrogen-bond acceptors (Lipinski definition) is 8. The van der Waals surface area contributed by atoms with Gasteiger partial charge in [0.2, 0.25) is 0 Å². The lowest BCUT2D eigenvalue weighted by Gasteiger charge is -2.13. The monoisotopic (exact) mass is 525 g/mol. The molecular formula is C26H27N3O5S2. The van der Waals surface area contributed by atoms with Gasteiger partial charge in [0.1, 0.15) is 28.4 Å². The van der Waals surface area contributed by atoms with E-state index >= 15 is 0 Å². The van der Waals surface area contributed by atoms with E-state index in [4.69, 9.17) is 4.74 Å². The number of aromatic nitrogens is 1. The number of hydrogen-bond donors (Lipinski definition) is 4. The first-order chi connectivity index (χ1) is 17.4. The summed E-state index contributed by atoms with van der Waals surface area (Å²) in [7, 11) is -3.70. The summed E-state index contributed by atoms with van der Waals surface area (Å²) < 4.78 is 33.9. The first-order valence-corrected chi connectivity index (χ1v) is 13.6. The molecule has 0 radical (unpaired) electrons. The van der Waals surface area contributed by atoms with Crippen molar-refractivity contribution in [3.63, 3.8) is 0 Å². The van der Waals surface area contributed by atoms with Crippen LogP contribution in [-0.4, -0.2) is 49.4 Å². The first-order valence-electron chi connectivity index (χ1n) is 11.3. The van der Waals surface area contributed by atoms with Crippen molar-refractivity contribution < 1.29 is 23.4 Å². The number of aliphatic hydroxyl groups is 1. The molecule has 0 saturated carbocycles. The van der Waals surface area contributed by atoms with Crippen molar-refractivity contribution in [3.05, 3.63) is 90.6 Å². The van der Waals surface area contributed by atoms with Crippen molar-refractivity contribution in [2.75, 3.05) is 24.4 Å². The summed E-state index contributed by atoms with van der Waals surface area (Å²) >= 11 is 1.17. The van der Waals surface area contributed by atoms with Crippen LogP contribution in [0.1, 0.15) is 5.56 Å². The highest BCUT2D eigenvalue weighted by molar-refractivity contribution is 7.94. The number of phenolic OH excluding ortho intramolecular Hbond substituents is 1. The molecule has 10 heteroatoms. The molecule has 0 aliphatic heterocycles. The van der Waals surface area contributed by atoms with Gasteiger partial charge in [0.05, 0.1) is 10.6 Å². The maximum atomic E-state index is 12.8. The van der Waals surface area contributed by atoms with E-state index in [1.807, 2.05) is 30.3 Å². The maximum Gasteiger partial charge on any atom is 0.271 e. The average molecular weight is 526 g/mol. The van der Waals surface area contributed by atoms with E-state index in [2.05, 4.69) is 15.0 Å². The Bertz CT molecular complexity index is 1340. The molecule has 188 valence electrons. The second-order valence-electron chi connectivity index (χ2n) is 8.05. The van der Waals surface area contributed by atoms with E-state index in [9.17, 15) is 18.6 Å². The van der Waals surface area contributed by atoms with E-state index in [1.165, 1.54) is 23.5 Å². The fourth-order valence-corrected chi connectivity index (χ4v) is 5.69. The summed E-state index contributed by atoms with van der Waals surface area (Å²) in [4.78, 5) is 5.05. The van der Waals surface area contributed by atoms with Crippen LogP contribution in [0.5, 0.6) is 11.5 Å².